The molecule has 0 bridgehead atoms. The van der Waals surface area contributed by atoms with Crippen LogP contribution in [0.2, 0.25) is 0 Å². The minimum Gasteiger partial charge on any atom is -0.507 e. The number of carboxylic acids is 1. The van der Waals surface area contributed by atoms with Gasteiger partial charge < -0.3 is 10.2 Å². The normalized spacial score (nSPS) is 16.9. The van der Waals surface area contributed by atoms with Crippen molar-refractivity contribution in [3.05, 3.63) is 23.8 Å². The molecule has 1 aromatic carbocycles. The highest BCUT2D eigenvalue weighted by atomic mass is 32.2. The lowest BCUT2D eigenvalue weighted by atomic mass is 9.93. The Kier molecular flexibility index (Phi) is 3.99. The minimum atomic E-state index is -3.78. The zero-order valence-corrected chi connectivity index (χ0v) is 12.8. The van der Waals surface area contributed by atoms with Crippen LogP contribution in [-0.2, 0) is 10.0 Å². The second-order valence-corrected chi connectivity index (χ2v) is 7.59. The van der Waals surface area contributed by atoms with E-state index in [1.165, 1.54) is 6.07 Å². The summed E-state index contributed by atoms with van der Waals surface area (Å²) >= 11 is 0. The number of sulfonamides is 1. The summed E-state index contributed by atoms with van der Waals surface area (Å²) in [5.74, 6) is -1.44. The molecule has 1 aliphatic rings. The van der Waals surface area contributed by atoms with Crippen molar-refractivity contribution in [3.63, 3.8) is 0 Å². The van der Waals surface area contributed by atoms with E-state index in [2.05, 4.69) is 18.6 Å². The fourth-order valence-corrected chi connectivity index (χ4v) is 3.46. The molecule has 1 saturated carbocycles. The molecule has 0 radical (unpaired) electrons. The number of carboxylic acid groups (broad SMARTS) is 1. The van der Waals surface area contributed by atoms with Crippen LogP contribution in [0, 0.1) is 11.3 Å². The van der Waals surface area contributed by atoms with E-state index in [0.29, 0.717) is 12.5 Å². The Hall–Kier alpha value is -1.60. The smallest absolute Gasteiger partial charge is 0.339 e. The first kappa shape index (κ1) is 15.8. The highest BCUT2D eigenvalue weighted by Gasteiger charge is 2.45. The van der Waals surface area contributed by atoms with Crippen LogP contribution in [0.1, 0.15) is 37.0 Å². The van der Waals surface area contributed by atoms with Gasteiger partial charge in [0.2, 0.25) is 10.0 Å². The van der Waals surface area contributed by atoms with Gasteiger partial charge in [-0.3, -0.25) is 0 Å². The molecule has 116 valence electrons. The average molecular weight is 313 g/mol. The summed E-state index contributed by atoms with van der Waals surface area (Å²) < 4.78 is 27.0. The minimum absolute atomic E-state index is 0.0135. The fourth-order valence-electron chi connectivity index (χ4n) is 2.29. The van der Waals surface area contributed by atoms with E-state index in [1.807, 2.05) is 0 Å². The molecule has 0 amide bonds. The van der Waals surface area contributed by atoms with E-state index in [-0.39, 0.29) is 10.3 Å². The highest BCUT2D eigenvalue weighted by molar-refractivity contribution is 7.89. The molecular formula is C14H19NO5S. The van der Waals surface area contributed by atoms with Gasteiger partial charge in [-0.2, -0.15) is 0 Å². The van der Waals surface area contributed by atoms with Crippen LogP contribution in [0.5, 0.6) is 5.75 Å². The molecule has 3 N–H and O–H groups in total. The number of carbonyl (C=O) groups is 1. The quantitative estimate of drug-likeness (QED) is 0.743. The number of hydrogen-bond acceptors (Lipinski definition) is 4. The number of benzene rings is 1. The molecule has 21 heavy (non-hydrogen) atoms. The molecule has 1 aliphatic carbocycles. The summed E-state index contributed by atoms with van der Waals surface area (Å²) in [6, 6.07) is 3.24. The number of aromatic carboxylic acids is 1. The van der Waals surface area contributed by atoms with Gasteiger partial charge in [-0.05, 0) is 42.4 Å². The lowest BCUT2D eigenvalue weighted by Gasteiger charge is -2.20. The van der Waals surface area contributed by atoms with Gasteiger partial charge >= 0.3 is 5.97 Å². The van der Waals surface area contributed by atoms with Crippen LogP contribution in [0.3, 0.4) is 0 Å². The predicted molar refractivity (Wildman–Crippen MR) is 76.8 cm³/mol. The average Bonchev–Trinajstić information content (AvgIpc) is 3.17. The monoisotopic (exact) mass is 313 g/mol. The predicted octanol–water partition coefficient (Wildman–Crippen LogP) is 1.80. The van der Waals surface area contributed by atoms with E-state index < -0.39 is 27.3 Å². The van der Waals surface area contributed by atoms with Gasteiger partial charge in [0, 0.05) is 6.54 Å². The first-order valence-corrected chi connectivity index (χ1v) is 8.22. The Labute approximate surface area is 123 Å². The van der Waals surface area contributed by atoms with Crippen molar-refractivity contribution in [1.29, 1.82) is 0 Å². The first-order chi connectivity index (χ1) is 9.68. The maximum absolute atomic E-state index is 12.2. The van der Waals surface area contributed by atoms with Gasteiger partial charge in [0.05, 0.1) is 4.90 Å². The molecule has 1 fully saturated rings. The second kappa shape index (κ2) is 5.31. The van der Waals surface area contributed by atoms with Crippen molar-refractivity contribution in [3.8, 4) is 5.75 Å². The topological polar surface area (TPSA) is 104 Å². The molecule has 0 heterocycles. The maximum Gasteiger partial charge on any atom is 0.339 e. The van der Waals surface area contributed by atoms with Crippen LogP contribution in [0.15, 0.2) is 23.1 Å². The number of hydrogen-bond donors (Lipinski definition) is 3. The summed E-state index contributed by atoms with van der Waals surface area (Å²) in [5.41, 5.74) is -0.414. The summed E-state index contributed by atoms with van der Waals surface area (Å²) in [6.45, 7) is 4.46. The van der Waals surface area contributed by atoms with Crippen molar-refractivity contribution in [2.75, 3.05) is 6.54 Å². The lowest BCUT2D eigenvalue weighted by Crippen LogP contribution is -2.32. The Bertz CT molecular complexity index is 662. The standard InChI is InChI=1S/C14H19NO5S/c1-9(2)14(5-6-14)8-15-21(19,20)10-3-4-12(16)11(7-10)13(17)18/h3-4,7,9,15-16H,5-6,8H2,1-2H3,(H,17,18). The van der Waals surface area contributed by atoms with Gasteiger partial charge in [-0.15, -0.1) is 0 Å². The van der Waals surface area contributed by atoms with Crippen LogP contribution >= 0.6 is 0 Å². The molecule has 0 unspecified atom stereocenters. The van der Waals surface area contributed by atoms with Crippen LogP contribution in [0.4, 0.5) is 0 Å². The molecule has 6 nitrogen and oxygen atoms in total. The largest absolute Gasteiger partial charge is 0.507 e. The number of aromatic hydroxyl groups is 1. The molecule has 0 aliphatic heterocycles. The van der Waals surface area contributed by atoms with E-state index in [4.69, 9.17) is 5.11 Å². The molecule has 0 atom stereocenters. The third kappa shape index (κ3) is 3.19. The van der Waals surface area contributed by atoms with Crippen LogP contribution in [-0.4, -0.2) is 31.1 Å². The van der Waals surface area contributed by atoms with E-state index >= 15 is 0 Å². The molecule has 0 aromatic heterocycles. The Morgan fingerprint density at radius 3 is 2.48 bits per heavy atom. The molecule has 1 aromatic rings. The van der Waals surface area contributed by atoms with Crippen molar-refractivity contribution < 1.29 is 23.4 Å². The lowest BCUT2D eigenvalue weighted by molar-refractivity contribution is 0.0693. The number of nitrogens with one attached hydrogen (secondary N) is 1. The van der Waals surface area contributed by atoms with Gasteiger partial charge in [-0.25, -0.2) is 17.9 Å². The summed E-state index contributed by atoms with van der Waals surface area (Å²) in [4.78, 5) is 10.8. The molecular weight excluding hydrogens is 294 g/mol. The van der Waals surface area contributed by atoms with Crippen molar-refractivity contribution in [2.24, 2.45) is 11.3 Å². The zero-order chi connectivity index (χ0) is 15.8. The number of rotatable bonds is 6. The van der Waals surface area contributed by atoms with E-state index in [9.17, 15) is 18.3 Å². The summed E-state index contributed by atoms with van der Waals surface area (Å²) in [7, 11) is -3.78. The number of phenols is 1. The third-order valence-electron chi connectivity index (χ3n) is 4.24. The highest BCUT2D eigenvalue weighted by Crippen LogP contribution is 2.51. The van der Waals surface area contributed by atoms with Crippen molar-refractivity contribution in [1.82, 2.24) is 4.72 Å². The van der Waals surface area contributed by atoms with Gasteiger partial charge in [0.1, 0.15) is 11.3 Å². The molecule has 7 heteroatoms. The van der Waals surface area contributed by atoms with E-state index in [0.717, 1.165) is 25.0 Å². The molecule has 0 spiro atoms. The SMILES string of the molecule is CC(C)C1(CNS(=O)(=O)c2ccc(O)c(C(=O)O)c2)CC1. The Morgan fingerprint density at radius 1 is 1.38 bits per heavy atom. The third-order valence-corrected chi connectivity index (χ3v) is 5.64. The van der Waals surface area contributed by atoms with Gasteiger partial charge in [-0.1, -0.05) is 13.8 Å². The summed E-state index contributed by atoms with van der Waals surface area (Å²) in [5, 5.41) is 18.3. The zero-order valence-electron chi connectivity index (χ0n) is 12.0. The van der Waals surface area contributed by atoms with Gasteiger partial charge in [0.15, 0.2) is 0 Å². The maximum atomic E-state index is 12.2. The fraction of sp³-hybridized carbons (Fsp3) is 0.500. The summed E-state index contributed by atoms with van der Waals surface area (Å²) in [6.07, 6.45) is 1.98. The Morgan fingerprint density at radius 2 is 2.00 bits per heavy atom. The van der Waals surface area contributed by atoms with Crippen molar-refractivity contribution >= 4 is 16.0 Å². The van der Waals surface area contributed by atoms with Gasteiger partial charge in [0.25, 0.3) is 0 Å². The molecule has 2 rings (SSSR count). The van der Waals surface area contributed by atoms with Crippen LogP contribution < -0.4 is 4.72 Å². The van der Waals surface area contributed by atoms with Crippen LogP contribution in [0.25, 0.3) is 0 Å². The first-order valence-electron chi connectivity index (χ1n) is 6.74. The second-order valence-electron chi connectivity index (χ2n) is 5.83. The van der Waals surface area contributed by atoms with Crippen molar-refractivity contribution in [2.45, 2.75) is 31.6 Å². The molecule has 0 saturated heterocycles. The Balaban J connectivity index is 2.20. The van der Waals surface area contributed by atoms with E-state index in [1.54, 1.807) is 0 Å².